The minimum Gasteiger partial charge on any atom is -0.309 e. The van der Waals surface area contributed by atoms with E-state index in [1.807, 2.05) is 0 Å². The second-order valence-electron chi connectivity index (χ2n) is 15.1. The first-order valence-corrected chi connectivity index (χ1v) is 19.8. The van der Waals surface area contributed by atoms with Gasteiger partial charge in [-0.1, -0.05) is 140 Å². The predicted molar refractivity (Wildman–Crippen MR) is 246 cm³/mol. The average Bonchev–Trinajstić information content (AvgIpc) is 3.80. The SMILES string of the molecule is [CH2]c1ccc(-c2cccc(-c3ccc4c(c3)c3ccccc3n4-c3ccccc3)c2)cc1-c1cccc(-c2cccc(-n3c4ccccc4c4ccccc43)c2)c1[CH2]. The third-order valence-corrected chi connectivity index (χ3v) is 11.8. The third-order valence-electron chi connectivity index (χ3n) is 11.8. The van der Waals surface area contributed by atoms with Crippen molar-refractivity contribution in [1.29, 1.82) is 0 Å². The van der Waals surface area contributed by atoms with Gasteiger partial charge >= 0.3 is 0 Å². The van der Waals surface area contributed by atoms with E-state index in [2.05, 4.69) is 222 Å². The molecule has 11 rings (SSSR count). The topological polar surface area (TPSA) is 9.86 Å². The molecule has 9 aromatic carbocycles. The fourth-order valence-electron chi connectivity index (χ4n) is 9.02. The number of para-hydroxylation sites is 4. The molecule has 0 spiro atoms. The van der Waals surface area contributed by atoms with Gasteiger partial charge in [-0.15, -0.1) is 0 Å². The summed E-state index contributed by atoms with van der Waals surface area (Å²) in [7, 11) is 0. The molecule has 0 N–H and O–H groups in total. The number of benzene rings is 9. The van der Waals surface area contributed by atoms with Crippen molar-refractivity contribution in [2.45, 2.75) is 0 Å². The van der Waals surface area contributed by atoms with Gasteiger partial charge in [-0.25, -0.2) is 0 Å². The van der Waals surface area contributed by atoms with Crippen LogP contribution in [0.2, 0.25) is 0 Å². The number of hydrogen-bond donors (Lipinski definition) is 0. The summed E-state index contributed by atoms with van der Waals surface area (Å²) < 4.78 is 4.73. The maximum absolute atomic E-state index is 4.69. The summed E-state index contributed by atoms with van der Waals surface area (Å²) in [5, 5.41) is 5.00. The Morgan fingerprint density at radius 1 is 0.276 bits per heavy atom. The van der Waals surface area contributed by atoms with Gasteiger partial charge in [0.1, 0.15) is 0 Å². The van der Waals surface area contributed by atoms with Crippen LogP contribution in [0.5, 0.6) is 0 Å². The van der Waals surface area contributed by atoms with Crippen LogP contribution in [0.25, 0.3) is 99.5 Å². The number of hydrogen-bond acceptors (Lipinski definition) is 0. The third kappa shape index (κ3) is 5.49. The summed E-state index contributed by atoms with van der Waals surface area (Å²) in [6.45, 7) is 9.18. The molecule has 272 valence electrons. The van der Waals surface area contributed by atoms with E-state index in [-0.39, 0.29) is 0 Å². The van der Waals surface area contributed by atoms with Gasteiger partial charge in [0.25, 0.3) is 0 Å². The molecule has 2 aromatic heterocycles. The van der Waals surface area contributed by atoms with Crippen LogP contribution in [0.15, 0.2) is 206 Å². The highest BCUT2D eigenvalue weighted by atomic mass is 15.0. The van der Waals surface area contributed by atoms with Crippen molar-refractivity contribution in [2.24, 2.45) is 0 Å². The molecule has 0 unspecified atom stereocenters. The molecule has 2 radical (unpaired) electrons. The fraction of sp³-hybridized carbons (Fsp3) is 0. The van der Waals surface area contributed by atoms with E-state index < -0.39 is 0 Å². The number of rotatable bonds is 6. The Hall–Kier alpha value is -7.42. The zero-order chi connectivity index (χ0) is 38.7. The maximum Gasteiger partial charge on any atom is 0.0541 e. The lowest BCUT2D eigenvalue weighted by Gasteiger charge is -2.16. The van der Waals surface area contributed by atoms with Gasteiger partial charge in [0.2, 0.25) is 0 Å². The van der Waals surface area contributed by atoms with Gasteiger partial charge in [0.15, 0.2) is 0 Å². The fourth-order valence-corrected chi connectivity index (χ4v) is 9.02. The molecule has 0 aliphatic carbocycles. The van der Waals surface area contributed by atoms with E-state index in [4.69, 9.17) is 6.92 Å². The zero-order valence-corrected chi connectivity index (χ0v) is 31.9. The Kier molecular flexibility index (Phi) is 7.97. The van der Waals surface area contributed by atoms with Crippen LogP contribution in [0.3, 0.4) is 0 Å². The van der Waals surface area contributed by atoms with E-state index in [1.165, 1.54) is 54.7 Å². The molecule has 0 bridgehead atoms. The first-order chi connectivity index (χ1) is 28.6. The van der Waals surface area contributed by atoms with Crippen molar-refractivity contribution in [3.63, 3.8) is 0 Å². The van der Waals surface area contributed by atoms with Crippen LogP contribution in [0.4, 0.5) is 0 Å². The van der Waals surface area contributed by atoms with E-state index in [1.54, 1.807) is 0 Å². The molecular formula is C56H38N2. The van der Waals surface area contributed by atoms with Crippen molar-refractivity contribution in [3.8, 4) is 55.9 Å². The number of aromatic nitrogens is 2. The summed E-state index contributed by atoms with van der Waals surface area (Å²) in [6, 6.07) is 74.3. The van der Waals surface area contributed by atoms with Crippen LogP contribution in [-0.2, 0) is 0 Å². The largest absolute Gasteiger partial charge is 0.309 e. The lowest BCUT2D eigenvalue weighted by atomic mass is 9.89. The van der Waals surface area contributed by atoms with E-state index in [0.717, 1.165) is 55.9 Å². The van der Waals surface area contributed by atoms with Crippen LogP contribution in [-0.4, -0.2) is 9.13 Å². The van der Waals surface area contributed by atoms with E-state index in [9.17, 15) is 0 Å². The quantitative estimate of drug-likeness (QED) is 0.161. The average molecular weight is 739 g/mol. The highest BCUT2D eigenvalue weighted by molar-refractivity contribution is 6.11. The standard InChI is InChI=1S/C56H38N2/c1-37-29-30-41(39-15-12-16-40(33-39)42-31-32-56-52(36-42)50-23-8-11-28-55(50)57(56)44-18-4-3-5-19-44)35-51(37)47-25-14-24-46(38(47)2)43-17-13-20-45(34-43)58-53-26-9-6-21-48(53)49-22-7-10-27-54(49)58/h3-36H,1-2H2. The molecule has 0 saturated heterocycles. The molecule has 58 heavy (non-hydrogen) atoms. The van der Waals surface area contributed by atoms with Crippen LogP contribution >= 0.6 is 0 Å². The minimum atomic E-state index is 0.973. The highest BCUT2D eigenvalue weighted by Crippen LogP contribution is 2.39. The predicted octanol–water partition coefficient (Wildman–Crippen LogP) is 14.9. The van der Waals surface area contributed by atoms with Crippen molar-refractivity contribution in [2.75, 3.05) is 0 Å². The lowest BCUT2D eigenvalue weighted by molar-refractivity contribution is 1.18. The molecular weight excluding hydrogens is 701 g/mol. The Balaban J connectivity index is 0.967. The molecule has 2 heteroatoms. The van der Waals surface area contributed by atoms with Gasteiger partial charge in [0, 0.05) is 32.9 Å². The second kappa shape index (κ2) is 13.7. The normalized spacial score (nSPS) is 11.6. The molecule has 2 heterocycles. The van der Waals surface area contributed by atoms with Crippen LogP contribution in [0, 0.1) is 13.8 Å². The van der Waals surface area contributed by atoms with Gasteiger partial charge in [-0.05, 0) is 136 Å². The van der Waals surface area contributed by atoms with Crippen LogP contribution < -0.4 is 0 Å². The molecule has 2 nitrogen and oxygen atoms in total. The summed E-state index contributed by atoms with van der Waals surface area (Å²) in [4.78, 5) is 0. The molecule has 0 saturated carbocycles. The van der Waals surface area contributed by atoms with E-state index in [0.29, 0.717) is 0 Å². The Morgan fingerprint density at radius 2 is 0.759 bits per heavy atom. The first-order valence-electron chi connectivity index (χ1n) is 19.8. The second-order valence-corrected chi connectivity index (χ2v) is 15.1. The molecule has 11 aromatic rings. The Bertz CT molecular complexity index is 3310. The minimum absolute atomic E-state index is 0.973. The van der Waals surface area contributed by atoms with Crippen LogP contribution in [0.1, 0.15) is 11.1 Å². The molecule has 0 aliphatic rings. The molecule has 0 fully saturated rings. The smallest absolute Gasteiger partial charge is 0.0541 e. The first kappa shape index (κ1) is 33.9. The van der Waals surface area contributed by atoms with Crippen molar-refractivity contribution < 1.29 is 0 Å². The summed E-state index contributed by atoms with van der Waals surface area (Å²) >= 11 is 0. The lowest BCUT2D eigenvalue weighted by Crippen LogP contribution is -1.95. The zero-order valence-electron chi connectivity index (χ0n) is 31.9. The summed E-state index contributed by atoms with van der Waals surface area (Å²) in [5.41, 5.74) is 18.1. The van der Waals surface area contributed by atoms with Gasteiger partial charge in [-0.2, -0.15) is 0 Å². The van der Waals surface area contributed by atoms with Gasteiger partial charge in [0.05, 0.1) is 22.1 Å². The van der Waals surface area contributed by atoms with E-state index >= 15 is 0 Å². The number of fused-ring (bicyclic) bond motifs is 6. The number of nitrogens with zero attached hydrogens (tertiary/aromatic N) is 2. The van der Waals surface area contributed by atoms with Crippen molar-refractivity contribution >= 4 is 43.6 Å². The summed E-state index contributed by atoms with van der Waals surface area (Å²) in [6.07, 6.45) is 0. The Labute approximate surface area is 338 Å². The molecule has 0 atom stereocenters. The van der Waals surface area contributed by atoms with Gasteiger partial charge < -0.3 is 9.13 Å². The van der Waals surface area contributed by atoms with Crippen molar-refractivity contribution in [3.05, 3.63) is 231 Å². The van der Waals surface area contributed by atoms with Crippen molar-refractivity contribution in [1.82, 2.24) is 9.13 Å². The monoisotopic (exact) mass is 738 g/mol. The molecule has 0 amide bonds. The molecule has 0 aliphatic heterocycles. The summed E-state index contributed by atoms with van der Waals surface area (Å²) in [5.74, 6) is 0. The van der Waals surface area contributed by atoms with Gasteiger partial charge in [-0.3, -0.25) is 0 Å². The highest BCUT2D eigenvalue weighted by Gasteiger charge is 2.17. The Morgan fingerprint density at radius 3 is 1.47 bits per heavy atom. The maximum atomic E-state index is 4.69.